The Morgan fingerprint density at radius 3 is 2.34 bits per heavy atom. The number of hydrogen-bond donors (Lipinski definition) is 3. The monoisotopic (exact) mass is 517 g/mol. The van der Waals surface area contributed by atoms with Gasteiger partial charge in [-0.25, -0.2) is 0 Å². The van der Waals surface area contributed by atoms with E-state index in [0.717, 1.165) is 44.2 Å². The van der Waals surface area contributed by atoms with E-state index in [1.807, 2.05) is 52.0 Å². The number of nitrogens with zero attached hydrogens (tertiary/aromatic N) is 3. The minimum Gasteiger partial charge on any atom is -0.386 e. The molecule has 29 heavy (non-hydrogen) atoms. The number of benzene rings is 1. The summed E-state index contributed by atoms with van der Waals surface area (Å²) in [5, 5.41) is 16.7. The van der Waals surface area contributed by atoms with Crippen molar-refractivity contribution >= 4 is 35.8 Å². The molecule has 1 aliphatic rings. The van der Waals surface area contributed by atoms with Crippen LogP contribution in [0.15, 0.2) is 29.3 Å². The first-order chi connectivity index (χ1) is 13.4. The Bertz CT molecular complexity index is 643. The summed E-state index contributed by atoms with van der Waals surface area (Å²) in [5.41, 5.74) is 2.05. The Morgan fingerprint density at radius 2 is 1.79 bits per heavy atom. The normalized spacial score (nSPS) is 16.3. The van der Waals surface area contributed by atoms with E-state index in [4.69, 9.17) is 0 Å². The van der Waals surface area contributed by atoms with Gasteiger partial charge in [0.05, 0.1) is 19.2 Å². The third-order valence-electron chi connectivity index (χ3n) is 4.70. The highest BCUT2D eigenvalue weighted by atomic mass is 127. The molecule has 1 aliphatic heterocycles. The number of carbonyl (C=O) groups excluding carboxylic acids is 1. The van der Waals surface area contributed by atoms with Crippen LogP contribution in [0.25, 0.3) is 0 Å². The van der Waals surface area contributed by atoms with Crippen molar-refractivity contribution in [2.45, 2.75) is 39.8 Å². The SMILES string of the molecule is CCNC(=NCC(O)c1ccc(C)cc1)N1CCN(CC(=O)NC(C)C)CC1.I. The Kier molecular flexibility index (Phi) is 11.5. The van der Waals surface area contributed by atoms with Gasteiger partial charge in [-0.1, -0.05) is 29.8 Å². The van der Waals surface area contributed by atoms with Gasteiger partial charge in [-0.05, 0) is 33.3 Å². The fraction of sp³-hybridized carbons (Fsp3) is 0.619. The van der Waals surface area contributed by atoms with Crippen molar-refractivity contribution in [3.8, 4) is 0 Å². The quantitative estimate of drug-likeness (QED) is 0.292. The molecule has 0 aliphatic carbocycles. The minimum absolute atomic E-state index is 0. The van der Waals surface area contributed by atoms with Crippen LogP contribution in [-0.2, 0) is 4.79 Å². The van der Waals surface area contributed by atoms with Crippen molar-refractivity contribution in [3.05, 3.63) is 35.4 Å². The number of nitrogens with one attached hydrogen (secondary N) is 2. The predicted octanol–water partition coefficient (Wildman–Crippen LogP) is 1.75. The summed E-state index contributed by atoms with van der Waals surface area (Å²) < 4.78 is 0. The number of aliphatic imine (C=N–C) groups is 1. The fourth-order valence-corrected chi connectivity index (χ4v) is 3.18. The number of carbonyl (C=O) groups is 1. The molecule has 164 valence electrons. The number of rotatable bonds is 7. The van der Waals surface area contributed by atoms with Gasteiger partial charge in [0.25, 0.3) is 0 Å². The first-order valence-electron chi connectivity index (χ1n) is 10.2. The highest BCUT2D eigenvalue weighted by molar-refractivity contribution is 14.0. The molecule has 8 heteroatoms. The Balaban J connectivity index is 0.00000420. The van der Waals surface area contributed by atoms with Gasteiger partial charge in [0.2, 0.25) is 5.91 Å². The summed E-state index contributed by atoms with van der Waals surface area (Å²) in [6.07, 6.45) is -0.615. The van der Waals surface area contributed by atoms with Crippen LogP contribution >= 0.6 is 24.0 Å². The van der Waals surface area contributed by atoms with Crippen LogP contribution in [0.4, 0.5) is 0 Å². The van der Waals surface area contributed by atoms with E-state index in [0.29, 0.717) is 13.1 Å². The number of guanidine groups is 1. The zero-order valence-corrected chi connectivity index (χ0v) is 20.3. The molecule has 1 heterocycles. The van der Waals surface area contributed by atoms with Crippen molar-refractivity contribution in [2.75, 3.05) is 45.8 Å². The zero-order chi connectivity index (χ0) is 20.5. The molecule has 0 saturated carbocycles. The number of hydrogen-bond acceptors (Lipinski definition) is 4. The zero-order valence-electron chi connectivity index (χ0n) is 18.0. The first kappa shape index (κ1) is 25.6. The van der Waals surface area contributed by atoms with Crippen molar-refractivity contribution in [1.82, 2.24) is 20.4 Å². The number of aliphatic hydroxyl groups is 1. The third kappa shape index (κ3) is 8.88. The second kappa shape index (κ2) is 13.0. The van der Waals surface area contributed by atoms with Gasteiger partial charge >= 0.3 is 0 Å². The molecule has 1 fully saturated rings. The van der Waals surface area contributed by atoms with E-state index >= 15 is 0 Å². The number of amides is 1. The topological polar surface area (TPSA) is 80.2 Å². The molecule has 2 rings (SSSR count). The number of aliphatic hydroxyl groups excluding tert-OH is 1. The van der Waals surface area contributed by atoms with Crippen LogP contribution in [0.1, 0.15) is 38.0 Å². The molecule has 1 atom stereocenters. The lowest BCUT2D eigenvalue weighted by molar-refractivity contribution is -0.123. The van der Waals surface area contributed by atoms with Gasteiger partial charge in [0.1, 0.15) is 0 Å². The third-order valence-corrected chi connectivity index (χ3v) is 4.70. The Morgan fingerprint density at radius 1 is 1.17 bits per heavy atom. The van der Waals surface area contributed by atoms with Gasteiger partial charge in [-0.2, -0.15) is 0 Å². The lowest BCUT2D eigenvalue weighted by atomic mass is 10.1. The lowest BCUT2D eigenvalue weighted by Gasteiger charge is -2.36. The van der Waals surface area contributed by atoms with Crippen LogP contribution in [0.3, 0.4) is 0 Å². The van der Waals surface area contributed by atoms with E-state index in [1.165, 1.54) is 5.56 Å². The van der Waals surface area contributed by atoms with Crippen molar-refractivity contribution < 1.29 is 9.90 Å². The summed E-state index contributed by atoms with van der Waals surface area (Å²) >= 11 is 0. The van der Waals surface area contributed by atoms with Crippen LogP contribution in [0, 0.1) is 6.92 Å². The van der Waals surface area contributed by atoms with Gasteiger partial charge in [0.15, 0.2) is 5.96 Å². The summed E-state index contributed by atoms with van der Waals surface area (Å²) in [6, 6.07) is 8.07. The van der Waals surface area contributed by atoms with Crippen LogP contribution < -0.4 is 10.6 Å². The van der Waals surface area contributed by atoms with Crippen LogP contribution in [-0.4, -0.2) is 78.6 Å². The molecule has 0 spiro atoms. The molecule has 1 aromatic carbocycles. The molecule has 1 saturated heterocycles. The van der Waals surface area contributed by atoms with Crippen LogP contribution in [0.5, 0.6) is 0 Å². The second-order valence-electron chi connectivity index (χ2n) is 7.61. The van der Waals surface area contributed by atoms with E-state index in [-0.39, 0.29) is 35.9 Å². The lowest BCUT2D eigenvalue weighted by Crippen LogP contribution is -2.54. The predicted molar refractivity (Wildman–Crippen MR) is 129 cm³/mol. The van der Waals surface area contributed by atoms with E-state index in [2.05, 4.69) is 25.4 Å². The summed E-state index contributed by atoms with van der Waals surface area (Å²) in [7, 11) is 0. The molecule has 0 aromatic heterocycles. The first-order valence-corrected chi connectivity index (χ1v) is 10.2. The molecule has 1 amide bonds. The van der Waals surface area contributed by atoms with E-state index < -0.39 is 6.10 Å². The van der Waals surface area contributed by atoms with E-state index in [9.17, 15) is 9.90 Å². The maximum atomic E-state index is 11.9. The summed E-state index contributed by atoms with van der Waals surface area (Å²) in [6.45, 7) is 12.8. The molecule has 0 radical (unpaired) electrons. The van der Waals surface area contributed by atoms with Crippen LogP contribution in [0.2, 0.25) is 0 Å². The van der Waals surface area contributed by atoms with Gasteiger partial charge in [-0.15, -0.1) is 24.0 Å². The average molecular weight is 517 g/mol. The van der Waals surface area contributed by atoms with Crippen molar-refractivity contribution in [2.24, 2.45) is 4.99 Å². The standard InChI is InChI=1S/C21H35N5O2.HI/c1-5-22-21(23-14-19(27)18-8-6-17(4)7-9-18)26-12-10-25(11-13-26)15-20(28)24-16(2)3;/h6-9,16,19,27H,5,10-15H2,1-4H3,(H,22,23)(H,24,28);1H. The molecule has 3 N–H and O–H groups in total. The average Bonchev–Trinajstić information content (AvgIpc) is 2.65. The molecule has 1 aromatic rings. The van der Waals surface area contributed by atoms with Crippen molar-refractivity contribution in [3.63, 3.8) is 0 Å². The minimum atomic E-state index is -0.615. The van der Waals surface area contributed by atoms with E-state index in [1.54, 1.807) is 0 Å². The highest BCUT2D eigenvalue weighted by Crippen LogP contribution is 2.14. The highest BCUT2D eigenvalue weighted by Gasteiger charge is 2.21. The second-order valence-corrected chi connectivity index (χ2v) is 7.61. The molecular formula is C21H36IN5O2. The van der Waals surface area contributed by atoms with Gasteiger partial charge in [-0.3, -0.25) is 14.7 Å². The maximum Gasteiger partial charge on any atom is 0.234 e. The molecule has 1 unspecified atom stereocenters. The number of aryl methyl sites for hydroxylation is 1. The molecule has 0 bridgehead atoms. The Hall–Kier alpha value is -1.39. The number of halogens is 1. The smallest absolute Gasteiger partial charge is 0.234 e. The fourth-order valence-electron chi connectivity index (χ4n) is 3.18. The Labute approximate surface area is 192 Å². The van der Waals surface area contributed by atoms with Gasteiger partial charge < -0.3 is 20.6 Å². The summed E-state index contributed by atoms with van der Waals surface area (Å²) in [5.74, 6) is 0.894. The molecular weight excluding hydrogens is 481 g/mol. The molecule has 7 nitrogen and oxygen atoms in total. The maximum absolute atomic E-state index is 11.9. The summed E-state index contributed by atoms with van der Waals surface area (Å²) in [4.78, 5) is 20.9. The number of piperazine rings is 1. The van der Waals surface area contributed by atoms with Crippen molar-refractivity contribution in [1.29, 1.82) is 0 Å². The van der Waals surface area contributed by atoms with Gasteiger partial charge in [0, 0.05) is 38.8 Å². The largest absolute Gasteiger partial charge is 0.386 e.